The van der Waals surface area contributed by atoms with E-state index in [0.29, 0.717) is 5.91 Å². The van der Waals surface area contributed by atoms with Crippen LogP contribution in [0.3, 0.4) is 0 Å². The highest BCUT2D eigenvalue weighted by atomic mass is 16.5. The predicted molar refractivity (Wildman–Crippen MR) is 104 cm³/mol. The van der Waals surface area contributed by atoms with Gasteiger partial charge in [-0.2, -0.15) is 5.10 Å². The van der Waals surface area contributed by atoms with Gasteiger partial charge in [0.15, 0.2) is 0 Å². The van der Waals surface area contributed by atoms with E-state index in [1.165, 1.54) is 11.3 Å². The van der Waals surface area contributed by atoms with Crippen molar-refractivity contribution in [2.75, 3.05) is 46.4 Å². The van der Waals surface area contributed by atoms with E-state index in [4.69, 9.17) is 4.74 Å². The van der Waals surface area contributed by atoms with Gasteiger partial charge in [0.2, 0.25) is 5.91 Å². The Morgan fingerprint density at radius 2 is 2.04 bits per heavy atom. The van der Waals surface area contributed by atoms with Crippen LogP contribution in [-0.2, 0) is 22.4 Å². The molecule has 1 aromatic carbocycles. The van der Waals surface area contributed by atoms with Crippen LogP contribution in [0.15, 0.2) is 30.3 Å². The summed E-state index contributed by atoms with van der Waals surface area (Å²) in [5.41, 5.74) is 4.62. The monoisotopic (exact) mass is 368 g/mol. The SMILES string of the molecule is COCCN1CCC(C(=O)N2CCc3[nH]nc(-c4ccccc4)c3CC2)C1. The molecule has 1 atom stereocenters. The van der Waals surface area contributed by atoms with Crippen molar-refractivity contribution in [2.24, 2.45) is 5.92 Å². The topological polar surface area (TPSA) is 61.5 Å². The summed E-state index contributed by atoms with van der Waals surface area (Å²) in [6, 6.07) is 10.3. The molecule has 1 unspecified atom stereocenters. The van der Waals surface area contributed by atoms with Crippen molar-refractivity contribution in [1.82, 2.24) is 20.0 Å². The quantitative estimate of drug-likeness (QED) is 0.877. The fourth-order valence-electron chi connectivity index (χ4n) is 4.25. The summed E-state index contributed by atoms with van der Waals surface area (Å²) < 4.78 is 5.16. The molecular weight excluding hydrogens is 340 g/mol. The summed E-state index contributed by atoms with van der Waals surface area (Å²) in [6.07, 6.45) is 2.67. The highest BCUT2D eigenvalue weighted by Gasteiger charge is 2.32. The number of hydrogen-bond donors (Lipinski definition) is 1. The molecule has 0 aliphatic carbocycles. The number of H-pyrrole nitrogens is 1. The molecule has 1 saturated heterocycles. The van der Waals surface area contributed by atoms with Crippen LogP contribution in [0.1, 0.15) is 17.7 Å². The van der Waals surface area contributed by atoms with Crippen LogP contribution in [0.25, 0.3) is 11.3 Å². The molecule has 4 rings (SSSR count). The average Bonchev–Trinajstić information content (AvgIpc) is 3.29. The number of likely N-dealkylation sites (tertiary alicyclic amines) is 1. The zero-order valence-electron chi connectivity index (χ0n) is 16.0. The zero-order valence-corrected chi connectivity index (χ0v) is 16.0. The molecule has 6 nitrogen and oxygen atoms in total. The summed E-state index contributed by atoms with van der Waals surface area (Å²) in [5.74, 6) is 0.444. The first-order valence-electron chi connectivity index (χ1n) is 9.88. The Morgan fingerprint density at radius 3 is 2.85 bits per heavy atom. The number of fused-ring (bicyclic) bond motifs is 1. The van der Waals surface area contributed by atoms with E-state index in [1.807, 2.05) is 18.2 Å². The van der Waals surface area contributed by atoms with Crippen molar-refractivity contribution >= 4 is 5.91 Å². The number of ether oxygens (including phenoxy) is 1. The molecule has 1 fully saturated rings. The maximum atomic E-state index is 13.0. The molecule has 0 saturated carbocycles. The third-order valence-corrected chi connectivity index (χ3v) is 5.81. The van der Waals surface area contributed by atoms with Crippen molar-refractivity contribution in [2.45, 2.75) is 19.3 Å². The number of hydrogen-bond acceptors (Lipinski definition) is 4. The van der Waals surface area contributed by atoms with Crippen LogP contribution in [0.4, 0.5) is 0 Å². The molecule has 144 valence electrons. The second-order valence-corrected chi connectivity index (χ2v) is 7.50. The lowest BCUT2D eigenvalue weighted by molar-refractivity contribution is -0.135. The lowest BCUT2D eigenvalue weighted by atomic mass is 10.0. The van der Waals surface area contributed by atoms with Crippen LogP contribution in [0, 0.1) is 5.92 Å². The number of benzene rings is 1. The fraction of sp³-hybridized carbons (Fsp3) is 0.524. The highest BCUT2D eigenvalue weighted by Crippen LogP contribution is 2.27. The summed E-state index contributed by atoms with van der Waals surface area (Å²) in [6.45, 7) is 5.05. The van der Waals surface area contributed by atoms with Crippen LogP contribution < -0.4 is 0 Å². The minimum Gasteiger partial charge on any atom is -0.383 e. The van der Waals surface area contributed by atoms with Crippen molar-refractivity contribution in [3.05, 3.63) is 41.6 Å². The molecule has 27 heavy (non-hydrogen) atoms. The largest absolute Gasteiger partial charge is 0.383 e. The molecular formula is C21H28N4O2. The Balaban J connectivity index is 1.40. The fourth-order valence-corrected chi connectivity index (χ4v) is 4.25. The highest BCUT2D eigenvalue weighted by molar-refractivity contribution is 5.79. The van der Waals surface area contributed by atoms with Gasteiger partial charge < -0.3 is 14.5 Å². The Kier molecular flexibility index (Phi) is 5.55. The number of aromatic amines is 1. The van der Waals surface area contributed by atoms with Gasteiger partial charge >= 0.3 is 0 Å². The number of methoxy groups -OCH3 is 1. The number of amides is 1. The number of aromatic nitrogens is 2. The summed E-state index contributed by atoms with van der Waals surface area (Å²) >= 11 is 0. The van der Waals surface area contributed by atoms with E-state index in [9.17, 15) is 4.79 Å². The normalized spacial score (nSPS) is 20.5. The van der Waals surface area contributed by atoms with Crippen molar-refractivity contribution in [3.63, 3.8) is 0 Å². The third kappa shape index (κ3) is 3.92. The maximum Gasteiger partial charge on any atom is 0.227 e. The average molecular weight is 368 g/mol. The van der Waals surface area contributed by atoms with Gasteiger partial charge in [-0.15, -0.1) is 0 Å². The molecule has 2 aliphatic rings. The molecule has 1 aromatic heterocycles. The van der Waals surface area contributed by atoms with Gasteiger partial charge in [0.05, 0.1) is 18.2 Å². The Morgan fingerprint density at radius 1 is 1.22 bits per heavy atom. The van der Waals surface area contributed by atoms with Gasteiger partial charge in [-0.05, 0) is 19.4 Å². The van der Waals surface area contributed by atoms with Crippen LogP contribution in [0.2, 0.25) is 0 Å². The van der Waals surface area contributed by atoms with Crippen molar-refractivity contribution in [1.29, 1.82) is 0 Å². The standard InChI is InChI=1S/C21H28N4O2/c1-27-14-13-24-10-7-17(15-24)21(26)25-11-8-18-19(9-12-25)22-23-20(18)16-5-3-2-4-6-16/h2-6,17H,7-15H2,1H3,(H,22,23). The first-order valence-corrected chi connectivity index (χ1v) is 9.88. The smallest absolute Gasteiger partial charge is 0.227 e. The Bertz CT molecular complexity index is 774. The molecule has 1 N–H and O–H groups in total. The van der Waals surface area contributed by atoms with Crippen LogP contribution in [0.5, 0.6) is 0 Å². The predicted octanol–water partition coefficient (Wildman–Crippen LogP) is 1.97. The van der Waals surface area contributed by atoms with E-state index in [1.54, 1.807) is 7.11 Å². The maximum absolute atomic E-state index is 13.0. The molecule has 0 bridgehead atoms. The number of carbonyl (C=O) groups is 1. The first-order chi connectivity index (χ1) is 13.3. The molecule has 6 heteroatoms. The lowest BCUT2D eigenvalue weighted by Gasteiger charge is -2.24. The Labute approximate surface area is 160 Å². The molecule has 0 spiro atoms. The summed E-state index contributed by atoms with van der Waals surface area (Å²) in [4.78, 5) is 17.4. The zero-order chi connectivity index (χ0) is 18.6. The van der Waals surface area contributed by atoms with Crippen molar-refractivity contribution in [3.8, 4) is 11.3 Å². The second kappa shape index (κ2) is 8.23. The first kappa shape index (κ1) is 18.2. The minimum absolute atomic E-state index is 0.130. The number of rotatable bonds is 5. The van der Waals surface area contributed by atoms with E-state index < -0.39 is 0 Å². The molecule has 1 amide bonds. The van der Waals surface area contributed by atoms with Gasteiger partial charge in [0, 0.05) is 56.5 Å². The number of nitrogens with one attached hydrogen (secondary N) is 1. The van der Waals surface area contributed by atoms with E-state index >= 15 is 0 Å². The molecule has 0 radical (unpaired) electrons. The molecule has 2 aromatic rings. The number of nitrogens with zero attached hydrogens (tertiary/aromatic N) is 3. The van der Waals surface area contributed by atoms with E-state index in [2.05, 4.69) is 32.1 Å². The van der Waals surface area contributed by atoms with Gasteiger partial charge in [0.25, 0.3) is 0 Å². The van der Waals surface area contributed by atoms with E-state index in [0.717, 1.165) is 69.9 Å². The van der Waals surface area contributed by atoms with Crippen molar-refractivity contribution < 1.29 is 9.53 Å². The van der Waals surface area contributed by atoms with Gasteiger partial charge in [-0.1, -0.05) is 30.3 Å². The van der Waals surface area contributed by atoms with Gasteiger partial charge in [-0.3, -0.25) is 9.89 Å². The van der Waals surface area contributed by atoms with Crippen LogP contribution >= 0.6 is 0 Å². The lowest BCUT2D eigenvalue weighted by Crippen LogP contribution is -2.39. The number of carbonyl (C=O) groups excluding carboxylic acids is 1. The summed E-state index contributed by atoms with van der Waals surface area (Å²) in [5, 5.41) is 7.76. The molecule has 2 aliphatic heterocycles. The van der Waals surface area contributed by atoms with Gasteiger partial charge in [-0.25, -0.2) is 0 Å². The van der Waals surface area contributed by atoms with Gasteiger partial charge in [0.1, 0.15) is 0 Å². The van der Waals surface area contributed by atoms with Crippen LogP contribution in [-0.4, -0.2) is 72.3 Å². The molecule has 3 heterocycles. The second-order valence-electron chi connectivity index (χ2n) is 7.50. The Hall–Kier alpha value is -2.18. The third-order valence-electron chi connectivity index (χ3n) is 5.81. The summed E-state index contributed by atoms with van der Waals surface area (Å²) in [7, 11) is 1.73. The van der Waals surface area contributed by atoms with E-state index in [-0.39, 0.29) is 5.92 Å². The minimum atomic E-state index is 0.130.